The van der Waals surface area contributed by atoms with Gasteiger partial charge in [-0.15, -0.1) is 0 Å². The van der Waals surface area contributed by atoms with Crippen LogP contribution in [0.25, 0.3) is 0 Å². The Kier molecular flexibility index (Phi) is 6.40. The van der Waals surface area contributed by atoms with Crippen LogP contribution in [0.15, 0.2) is 24.3 Å². The van der Waals surface area contributed by atoms with Crippen LogP contribution in [0, 0.1) is 11.8 Å². The van der Waals surface area contributed by atoms with Crippen LogP contribution < -0.4 is 11.3 Å². The molecule has 0 aliphatic carbocycles. The lowest BCUT2D eigenvalue weighted by Crippen LogP contribution is -2.30. The summed E-state index contributed by atoms with van der Waals surface area (Å²) in [6, 6.07) is 9.26. The van der Waals surface area contributed by atoms with Crippen LogP contribution in [-0.2, 0) is 6.42 Å². The minimum absolute atomic E-state index is 0.301. The molecule has 0 bridgehead atoms. The third-order valence-corrected chi connectivity index (χ3v) is 5.16. The Balaban J connectivity index is 2.02. The Morgan fingerprint density at radius 3 is 2.70 bits per heavy atom. The van der Waals surface area contributed by atoms with Crippen molar-refractivity contribution >= 4 is 11.8 Å². The van der Waals surface area contributed by atoms with E-state index in [1.807, 2.05) is 0 Å². The fourth-order valence-electron chi connectivity index (χ4n) is 3.02. The van der Waals surface area contributed by atoms with E-state index < -0.39 is 0 Å². The predicted octanol–water partition coefficient (Wildman–Crippen LogP) is 3.92. The van der Waals surface area contributed by atoms with Crippen molar-refractivity contribution in [2.24, 2.45) is 17.7 Å². The van der Waals surface area contributed by atoms with E-state index in [9.17, 15) is 0 Å². The standard InChI is InChI=1S/C17H28N2S/c1-13(2)10-15-4-3-5-16(11-15)17(19-18)12-14-6-8-20-9-7-14/h3-5,11,13-14,17,19H,6-10,12,18H2,1-2H3. The lowest BCUT2D eigenvalue weighted by Gasteiger charge is -2.26. The maximum absolute atomic E-state index is 5.82. The second-order valence-electron chi connectivity index (χ2n) is 6.35. The lowest BCUT2D eigenvalue weighted by atomic mass is 9.90. The van der Waals surface area contributed by atoms with Gasteiger partial charge in [0, 0.05) is 6.04 Å². The molecule has 0 aromatic heterocycles. The average molecular weight is 292 g/mol. The van der Waals surface area contributed by atoms with E-state index in [2.05, 4.69) is 55.3 Å². The molecule has 3 N–H and O–H groups in total. The van der Waals surface area contributed by atoms with Gasteiger partial charge in [0.15, 0.2) is 0 Å². The summed E-state index contributed by atoms with van der Waals surface area (Å²) < 4.78 is 0. The first kappa shape index (κ1) is 15.9. The molecule has 1 aromatic rings. The fraction of sp³-hybridized carbons (Fsp3) is 0.647. The van der Waals surface area contributed by atoms with Crippen LogP contribution >= 0.6 is 11.8 Å². The molecule has 0 saturated carbocycles. The largest absolute Gasteiger partial charge is 0.271 e. The maximum Gasteiger partial charge on any atom is 0.0462 e. The van der Waals surface area contributed by atoms with E-state index in [0.717, 1.165) is 12.3 Å². The summed E-state index contributed by atoms with van der Waals surface area (Å²) >= 11 is 2.09. The molecule has 1 atom stereocenters. The molecule has 1 fully saturated rings. The summed E-state index contributed by atoms with van der Waals surface area (Å²) in [5.74, 6) is 9.97. The average Bonchev–Trinajstić information content (AvgIpc) is 2.45. The van der Waals surface area contributed by atoms with Gasteiger partial charge in [-0.3, -0.25) is 11.3 Å². The van der Waals surface area contributed by atoms with E-state index in [0.29, 0.717) is 12.0 Å². The smallest absolute Gasteiger partial charge is 0.0462 e. The first-order valence-electron chi connectivity index (χ1n) is 7.81. The van der Waals surface area contributed by atoms with Crippen LogP contribution in [0.2, 0.25) is 0 Å². The van der Waals surface area contributed by atoms with Crippen LogP contribution in [0.5, 0.6) is 0 Å². The molecule has 2 rings (SSSR count). The Hall–Kier alpha value is -0.510. The predicted molar refractivity (Wildman–Crippen MR) is 89.7 cm³/mol. The molecule has 20 heavy (non-hydrogen) atoms. The van der Waals surface area contributed by atoms with Crippen LogP contribution in [0.1, 0.15) is 50.3 Å². The molecular formula is C17H28N2S. The van der Waals surface area contributed by atoms with Gasteiger partial charge in [0.2, 0.25) is 0 Å². The van der Waals surface area contributed by atoms with Crippen molar-refractivity contribution in [2.75, 3.05) is 11.5 Å². The molecule has 112 valence electrons. The Labute approximate surface area is 127 Å². The number of hydrogen-bond donors (Lipinski definition) is 2. The number of hydrazine groups is 1. The van der Waals surface area contributed by atoms with Crippen molar-refractivity contribution < 1.29 is 0 Å². The van der Waals surface area contributed by atoms with Gasteiger partial charge in [-0.05, 0) is 60.2 Å². The van der Waals surface area contributed by atoms with Crippen molar-refractivity contribution in [3.63, 3.8) is 0 Å². The molecule has 0 amide bonds. The Morgan fingerprint density at radius 1 is 1.30 bits per heavy atom. The molecular weight excluding hydrogens is 264 g/mol. The maximum atomic E-state index is 5.82. The quantitative estimate of drug-likeness (QED) is 0.616. The topological polar surface area (TPSA) is 38.0 Å². The van der Waals surface area contributed by atoms with Gasteiger partial charge in [-0.1, -0.05) is 38.1 Å². The molecule has 3 heteroatoms. The zero-order chi connectivity index (χ0) is 14.4. The molecule has 0 spiro atoms. The zero-order valence-corrected chi connectivity index (χ0v) is 13.6. The third kappa shape index (κ3) is 4.80. The van der Waals surface area contributed by atoms with Crippen molar-refractivity contribution in [2.45, 2.75) is 45.6 Å². The monoisotopic (exact) mass is 292 g/mol. The highest BCUT2D eigenvalue weighted by atomic mass is 32.2. The van der Waals surface area contributed by atoms with Gasteiger partial charge < -0.3 is 0 Å². The number of thioether (sulfide) groups is 1. The van der Waals surface area contributed by atoms with Crippen molar-refractivity contribution in [3.05, 3.63) is 35.4 Å². The van der Waals surface area contributed by atoms with Gasteiger partial charge in [0.25, 0.3) is 0 Å². The molecule has 1 aliphatic rings. The molecule has 1 unspecified atom stereocenters. The van der Waals surface area contributed by atoms with Crippen molar-refractivity contribution in [1.29, 1.82) is 0 Å². The van der Waals surface area contributed by atoms with Gasteiger partial charge in [-0.2, -0.15) is 11.8 Å². The minimum Gasteiger partial charge on any atom is -0.271 e. The summed E-state index contributed by atoms with van der Waals surface area (Å²) in [6.07, 6.45) is 5.00. The van der Waals surface area contributed by atoms with Gasteiger partial charge in [0.05, 0.1) is 0 Å². The van der Waals surface area contributed by atoms with Gasteiger partial charge >= 0.3 is 0 Å². The number of nitrogens with two attached hydrogens (primary N) is 1. The number of rotatable bonds is 6. The van der Waals surface area contributed by atoms with Crippen LogP contribution in [0.4, 0.5) is 0 Å². The highest BCUT2D eigenvalue weighted by molar-refractivity contribution is 7.99. The minimum atomic E-state index is 0.301. The van der Waals surface area contributed by atoms with Gasteiger partial charge in [0.1, 0.15) is 0 Å². The zero-order valence-electron chi connectivity index (χ0n) is 12.8. The summed E-state index contributed by atoms with van der Waals surface area (Å²) in [5, 5.41) is 0. The first-order chi connectivity index (χ1) is 9.69. The molecule has 2 nitrogen and oxygen atoms in total. The number of hydrogen-bond acceptors (Lipinski definition) is 3. The van der Waals surface area contributed by atoms with Gasteiger partial charge in [-0.25, -0.2) is 0 Å². The number of nitrogens with one attached hydrogen (secondary N) is 1. The normalized spacial score (nSPS) is 18.4. The summed E-state index contributed by atoms with van der Waals surface area (Å²) in [6.45, 7) is 4.54. The van der Waals surface area contributed by atoms with E-state index in [4.69, 9.17) is 5.84 Å². The SMILES string of the molecule is CC(C)Cc1cccc(C(CC2CCSCC2)NN)c1. The molecule has 1 heterocycles. The second kappa shape index (κ2) is 8.06. The van der Waals surface area contributed by atoms with E-state index >= 15 is 0 Å². The second-order valence-corrected chi connectivity index (χ2v) is 7.58. The summed E-state index contributed by atoms with van der Waals surface area (Å²) in [5.41, 5.74) is 5.82. The van der Waals surface area contributed by atoms with Crippen LogP contribution in [0.3, 0.4) is 0 Å². The van der Waals surface area contributed by atoms with Crippen LogP contribution in [-0.4, -0.2) is 11.5 Å². The van der Waals surface area contributed by atoms with E-state index in [1.165, 1.54) is 41.9 Å². The lowest BCUT2D eigenvalue weighted by molar-refractivity contribution is 0.373. The molecule has 1 saturated heterocycles. The highest BCUT2D eigenvalue weighted by Gasteiger charge is 2.19. The number of benzene rings is 1. The van der Waals surface area contributed by atoms with E-state index in [1.54, 1.807) is 0 Å². The van der Waals surface area contributed by atoms with Crippen molar-refractivity contribution in [3.8, 4) is 0 Å². The van der Waals surface area contributed by atoms with E-state index in [-0.39, 0.29) is 0 Å². The Bertz CT molecular complexity index is 400. The highest BCUT2D eigenvalue weighted by Crippen LogP contribution is 2.31. The summed E-state index contributed by atoms with van der Waals surface area (Å²) in [4.78, 5) is 0. The first-order valence-corrected chi connectivity index (χ1v) is 8.97. The fourth-order valence-corrected chi connectivity index (χ4v) is 4.23. The molecule has 0 radical (unpaired) electrons. The Morgan fingerprint density at radius 2 is 2.05 bits per heavy atom. The molecule has 1 aromatic carbocycles. The summed E-state index contributed by atoms with van der Waals surface area (Å²) in [7, 11) is 0. The molecule has 1 aliphatic heterocycles. The third-order valence-electron chi connectivity index (χ3n) is 4.11. The van der Waals surface area contributed by atoms with Crippen molar-refractivity contribution in [1.82, 2.24) is 5.43 Å².